The SMILES string of the molecule is CC.CCc1cn(Cc2ccccc2)c2ccccc12. The van der Waals surface area contributed by atoms with Crippen molar-refractivity contribution in [3.05, 3.63) is 71.9 Å². The van der Waals surface area contributed by atoms with Crippen molar-refractivity contribution in [1.29, 1.82) is 0 Å². The maximum absolute atomic E-state index is 2.35. The summed E-state index contributed by atoms with van der Waals surface area (Å²) >= 11 is 0. The molecule has 104 valence electrons. The zero-order chi connectivity index (χ0) is 14.4. The van der Waals surface area contributed by atoms with Crippen molar-refractivity contribution in [1.82, 2.24) is 4.57 Å². The molecular weight excluding hydrogens is 242 g/mol. The third-order valence-corrected chi connectivity index (χ3v) is 3.45. The van der Waals surface area contributed by atoms with Gasteiger partial charge in [0.15, 0.2) is 0 Å². The first-order valence-corrected chi connectivity index (χ1v) is 7.49. The molecule has 0 bridgehead atoms. The number of hydrogen-bond acceptors (Lipinski definition) is 0. The Morgan fingerprint density at radius 3 is 2.20 bits per heavy atom. The second-order valence-corrected chi connectivity index (χ2v) is 4.64. The minimum absolute atomic E-state index is 0.946. The van der Waals surface area contributed by atoms with Crippen molar-refractivity contribution in [2.24, 2.45) is 0 Å². The van der Waals surface area contributed by atoms with Crippen LogP contribution in [0.5, 0.6) is 0 Å². The molecule has 0 N–H and O–H groups in total. The zero-order valence-corrected chi connectivity index (χ0v) is 12.6. The van der Waals surface area contributed by atoms with E-state index in [2.05, 4.69) is 72.3 Å². The minimum atomic E-state index is 0.946. The first kappa shape index (κ1) is 14.4. The molecule has 20 heavy (non-hydrogen) atoms. The van der Waals surface area contributed by atoms with Gasteiger partial charge in [0.1, 0.15) is 0 Å². The Balaban J connectivity index is 0.000000704. The van der Waals surface area contributed by atoms with E-state index < -0.39 is 0 Å². The van der Waals surface area contributed by atoms with Crippen molar-refractivity contribution >= 4 is 10.9 Å². The molecule has 3 aromatic rings. The Morgan fingerprint density at radius 2 is 1.50 bits per heavy atom. The summed E-state index contributed by atoms with van der Waals surface area (Å²) in [6, 6.07) is 19.3. The molecule has 0 aliphatic carbocycles. The van der Waals surface area contributed by atoms with Crippen LogP contribution in [0.1, 0.15) is 31.9 Å². The molecule has 2 aromatic carbocycles. The summed E-state index contributed by atoms with van der Waals surface area (Å²) in [6.07, 6.45) is 3.37. The van der Waals surface area contributed by atoms with Crippen LogP contribution >= 0.6 is 0 Å². The van der Waals surface area contributed by atoms with Crippen LogP contribution in [0.15, 0.2) is 60.8 Å². The Bertz CT molecular complexity index is 650. The van der Waals surface area contributed by atoms with Crippen molar-refractivity contribution in [2.75, 3.05) is 0 Å². The topological polar surface area (TPSA) is 4.93 Å². The fourth-order valence-corrected chi connectivity index (χ4v) is 2.52. The molecule has 1 heterocycles. The van der Waals surface area contributed by atoms with Crippen molar-refractivity contribution in [2.45, 2.75) is 33.7 Å². The lowest BCUT2D eigenvalue weighted by atomic mass is 10.1. The molecule has 0 amide bonds. The van der Waals surface area contributed by atoms with Crippen molar-refractivity contribution in [3.63, 3.8) is 0 Å². The van der Waals surface area contributed by atoms with Gasteiger partial charge in [0.2, 0.25) is 0 Å². The van der Waals surface area contributed by atoms with E-state index in [9.17, 15) is 0 Å². The van der Waals surface area contributed by atoms with E-state index in [1.807, 2.05) is 13.8 Å². The van der Waals surface area contributed by atoms with Crippen molar-refractivity contribution in [3.8, 4) is 0 Å². The fraction of sp³-hybridized carbons (Fsp3) is 0.263. The first-order chi connectivity index (χ1) is 9.88. The average Bonchev–Trinajstić information content (AvgIpc) is 2.89. The van der Waals surface area contributed by atoms with Gasteiger partial charge in [-0.15, -0.1) is 0 Å². The Morgan fingerprint density at radius 1 is 0.850 bits per heavy atom. The molecule has 0 aliphatic heterocycles. The predicted molar refractivity (Wildman–Crippen MR) is 88.2 cm³/mol. The number of nitrogens with zero attached hydrogens (tertiary/aromatic N) is 1. The summed E-state index contributed by atoms with van der Waals surface area (Å²) in [5.74, 6) is 0. The van der Waals surface area contributed by atoms with Crippen LogP contribution in [-0.4, -0.2) is 4.57 Å². The largest absolute Gasteiger partial charge is 0.343 e. The quantitative estimate of drug-likeness (QED) is 0.607. The molecule has 1 heteroatoms. The zero-order valence-electron chi connectivity index (χ0n) is 12.6. The summed E-state index contributed by atoms with van der Waals surface area (Å²) in [7, 11) is 0. The molecule has 1 aromatic heterocycles. The van der Waals surface area contributed by atoms with Gasteiger partial charge in [-0.1, -0.05) is 69.3 Å². The van der Waals surface area contributed by atoms with Gasteiger partial charge in [-0.3, -0.25) is 0 Å². The highest BCUT2D eigenvalue weighted by Gasteiger charge is 2.06. The molecular formula is C19H23N. The number of benzene rings is 2. The molecule has 0 saturated carbocycles. The van der Waals surface area contributed by atoms with Gasteiger partial charge in [0.05, 0.1) is 0 Å². The van der Waals surface area contributed by atoms with Gasteiger partial charge in [0, 0.05) is 23.6 Å². The maximum atomic E-state index is 2.35. The maximum Gasteiger partial charge on any atom is 0.0486 e. The molecule has 0 atom stereocenters. The summed E-state index contributed by atoms with van der Waals surface area (Å²) in [5.41, 5.74) is 4.11. The van der Waals surface area contributed by atoms with Crippen LogP contribution in [-0.2, 0) is 13.0 Å². The Labute approximate surface area is 121 Å². The molecule has 0 fully saturated rings. The van der Waals surface area contributed by atoms with Gasteiger partial charge in [-0.05, 0) is 23.6 Å². The lowest BCUT2D eigenvalue weighted by molar-refractivity contribution is 0.831. The smallest absolute Gasteiger partial charge is 0.0486 e. The summed E-state index contributed by atoms with van der Waals surface area (Å²) in [5, 5.41) is 1.39. The van der Waals surface area contributed by atoms with Crippen LogP contribution in [0, 0.1) is 0 Å². The Hall–Kier alpha value is -2.02. The number of para-hydroxylation sites is 1. The van der Waals surface area contributed by atoms with Crippen molar-refractivity contribution < 1.29 is 0 Å². The lowest BCUT2D eigenvalue weighted by Gasteiger charge is -2.05. The second-order valence-electron chi connectivity index (χ2n) is 4.64. The molecule has 0 unspecified atom stereocenters. The number of rotatable bonds is 3. The van der Waals surface area contributed by atoms with Crippen LogP contribution in [0.2, 0.25) is 0 Å². The average molecular weight is 265 g/mol. The van der Waals surface area contributed by atoms with Crippen LogP contribution in [0.3, 0.4) is 0 Å². The summed E-state index contributed by atoms with van der Waals surface area (Å²) < 4.78 is 2.35. The molecule has 0 aliphatic rings. The third-order valence-electron chi connectivity index (χ3n) is 3.45. The number of aryl methyl sites for hydroxylation is 1. The first-order valence-electron chi connectivity index (χ1n) is 7.49. The van der Waals surface area contributed by atoms with Gasteiger partial charge < -0.3 is 4.57 Å². The highest BCUT2D eigenvalue weighted by molar-refractivity contribution is 5.84. The highest BCUT2D eigenvalue weighted by Crippen LogP contribution is 2.22. The fourth-order valence-electron chi connectivity index (χ4n) is 2.52. The van der Waals surface area contributed by atoms with E-state index in [1.54, 1.807) is 0 Å². The lowest BCUT2D eigenvalue weighted by Crippen LogP contribution is -1.97. The molecule has 3 rings (SSSR count). The summed E-state index contributed by atoms with van der Waals surface area (Å²) in [6.45, 7) is 7.16. The predicted octanol–water partition coefficient (Wildman–Crippen LogP) is 5.28. The standard InChI is InChI=1S/C17H17N.C2H6/c1-2-15-13-18(12-14-8-4-3-5-9-14)17-11-7-6-10-16(15)17;1-2/h3-11,13H,2,12H2,1H3;1-2H3. The summed E-state index contributed by atoms with van der Waals surface area (Å²) in [4.78, 5) is 0. The van der Waals surface area contributed by atoms with Gasteiger partial charge in [0.25, 0.3) is 0 Å². The van der Waals surface area contributed by atoms with Crippen LogP contribution < -0.4 is 0 Å². The van der Waals surface area contributed by atoms with Crippen LogP contribution in [0.4, 0.5) is 0 Å². The monoisotopic (exact) mass is 265 g/mol. The number of fused-ring (bicyclic) bond motifs is 1. The van der Waals surface area contributed by atoms with E-state index in [0.717, 1.165) is 13.0 Å². The van der Waals surface area contributed by atoms with Gasteiger partial charge in [-0.2, -0.15) is 0 Å². The van der Waals surface area contributed by atoms with Gasteiger partial charge >= 0.3 is 0 Å². The minimum Gasteiger partial charge on any atom is -0.343 e. The second kappa shape index (κ2) is 6.95. The number of aromatic nitrogens is 1. The number of hydrogen-bond donors (Lipinski definition) is 0. The van der Waals surface area contributed by atoms with E-state index in [4.69, 9.17) is 0 Å². The highest BCUT2D eigenvalue weighted by atomic mass is 15.0. The van der Waals surface area contributed by atoms with E-state index in [1.165, 1.54) is 22.0 Å². The van der Waals surface area contributed by atoms with E-state index >= 15 is 0 Å². The van der Waals surface area contributed by atoms with E-state index in [0.29, 0.717) is 0 Å². The van der Waals surface area contributed by atoms with Crippen LogP contribution in [0.25, 0.3) is 10.9 Å². The molecule has 0 radical (unpaired) electrons. The Kier molecular flexibility index (Phi) is 5.00. The molecule has 0 saturated heterocycles. The molecule has 1 nitrogen and oxygen atoms in total. The van der Waals surface area contributed by atoms with E-state index in [-0.39, 0.29) is 0 Å². The molecule has 0 spiro atoms. The third kappa shape index (κ3) is 2.93. The van der Waals surface area contributed by atoms with Gasteiger partial charge in [-0.25, -0.2) is 0 Å². The normalized spacial score (nSPS) is 10.2.